The third kappa shape index (κ3) is 7.33. The van der Waals surface area contributed by atoms with Crippen LogP contribution in [0.15, 0.2) is 12.4 Å². The largest absolute Gasteiger partial charge is 0.368 e. The zero-order chi connectivity index (χ0) is 22.6. The molecule has 0 bridgehead atoms. The van der Waals surface area contributed by atoms with Gasteiger partial charge in [0, 0.05) is 6.20 Å². The number of anilines is 3. The summed E-state index contributed by atoms with van der Waals surface area (Å²) >= 11 is 0. The van der Waals surface area contributed by atoms with Crippen LogP contribution in [0.5, 0.6) is 0 Å². The van der Waals surface area contributed by atoms with Gasteiger partial charge in [0.05, 0.1) is 25.0 Å². The number of carbonyl (C=O) groups excluding carboxylic acids is 1. The summed E-state index contributed by atoms with van der Waals surface area (Å²) in [5, 5.41) is 2.76. The molecule has 1 aliphatic rings. The Morgan fingerprint density at radius 1 is 1.03 bits per heavy atom. The molecule has 0 aliphatic carbocycles. The van der Waals surface area contributed by atoms with Crippen molar-refractivity contribution in [1.29, 1.82) is 0 Å². The van der Waals surface area contributed by atoms with Gasteiger partial charge in [-0.05, 0) is 37.5 Å². The van der Waals surface area contributed by atoms with Gasteiger partial charge in [0.25, 0.3) is 0 Å². The summed E-state index contributed by atoms with van der Waals surface area (Å²) < 4.78 is 0. The number of nitrogens with one attached hydrogen (secondary N) is 1. The van der Waals surface area contributed by atoms with Crippen LogP contribution in [0.1, 0.15) is 70.3 Å². The fourth-order valence-corrected chi connectivity index (χ4v) is 2.50. The van der Waals surface area contributed by atoms with E-state index in [4.69, 9.17) is 5.73 Å². The molecule has 0 saturated carbocycles. The summed E-state index contributed by atoms with van der Waals surface area (Å²) in [6.45, 7) is 19.1. The Bertz CT molecular complexity index is 776. The minimum atomic E-state index is -0.0950. The molecule has 2 aromatic heterocycles. The summed E-state index contributed by atoms with van der Waals surface area (Å²) in [5.74, 6) is 0.721. The SMILES string of the molecule is CC.CC.CCC.Cc1cnc(CN2CC(=O)Nc3cnc(N)nc32)c(C)c1C. The molecular formula is C22H38N6O. The number of aromatic nitrogens is 3. The molecule has 2 aromatic rings. The van der Waals surface area contributed by atoms with Crippen LogP contribution in [0, 0.1) is 20.8 Å². The fraction of sp³-hybridized carbons (Fsp3) is 0.545. The molecule has 0 aromatic carbocycles. The molecule has 3 rings (SSSR count). The van der Waals surface area contributed by atoms with Crippen molar-refractivity contribution >= 4 is 23.4 Å². The van der Waals surface area contributed by atoms with Crippen LogP contribution >= 0.6 is 0 Å². The van der Waals surface area contributed by atoms with Crippen molar-refractivity contribution in [1.82, 2.24) is 15.0 Å². The first-order valence-electron chi connectivity index (χ1n) is 10.5. The topological polar surface area (TPSA) is 97.0 Å². The number of rotatable bonds is 2. The zero-order valence-electron chi connectivity index (χ0n) is 19.6. The van der Waals surface area contributed by atoms with Gasteiger partial charge in [-0.15, -0.1) is 0 Å². The molecule has 3 N–H and O–H groups in total. The van der Waals surface area contributed by atoms with Crippen molar-refractivity contribution in [2.45, 2.75) is 75.3 Å². The van der Waals surface area contributed by atoms with Crippen molar-refractivity contribution in [2.24, 2.45) is 0 Å². The van der Waals surface area contributed by atoms with Crippen LogP contribution in [0.25, 0.3) is 0 Å². The van der Waals surface area contributed by atoms with E-state index in [1.54, 1.807) is 0 Å². The second-order valence-electron chi connectivity index (χ2n) is 6.21. The molecule has 162 valence electrons. The van der Waals surface area contributed by atoms with Gasteiger partial charge >= 0.3 is 0 Å². The average Bonchev–Trinajstić information content (AvgIpc) is 2.72. The Morgan fingerprint density at radius 2 is 1.62 bits per heavy atom. The van der Waals surface area contributed by atoms with E-state index in [0.717, 1.165) is 16.8 Å². The molecule has 0 fully saturated rings. The molecule has 1 aliphatic heterocycles. The van der Waals surface area contributed by atoms with Gasteiger partial charge in [-0.2, -0.15) is 4.98 Å². The monoisotopic (exact) mass is 402 g/mol. The Hall–Kier alpha value is -2.70. The van der Waals surface area contributed by atoms with E-state index in [-0.39, 0.29) is 18.4 Å². The number of nitrogens with zero attached hydrogens (tertiary/aromatic N) is 4. The number of amides is 1. The Kier molecular flexibility index (Phi) is 12.2. The highest BCUT2D eigenvalue weighted by atomic mass is 16.2. The first kappa shape index (κ1) is 26.3. The van der Waals surface area contributed by atoms with Gasteiger partial charge < -0.3 is 16.0 Å². The van der Waals surface area contributed by atoms with E-state index in [1.165, 1.54) is 18.2 Å². The number of aryl methyl sites for hydroxylation is 1. The highest BCUT2D eigenvalue weighted by Gasteiger charge is 2.25. The molecule has 0 radical (unpaired) electrons. The van der Waals surface area contributed by atoms with Crippen molar-refractivity contribution < 1.29 is 4.79 Å². The number of nitrogen functional groups attached to an aromatic ring is 1. The highest BCUT2D eigenvalue weighted by molar-refractivity contribution is 6.00. The predicted molar refractivity (Wildman–Crippen MR) is 123 cm³/mol. The Labute approximate surface area is 176 Å². The molecule has 1 amide bonds. The third-order valence-electron chi connectivity index (χ3n) is 4.04. The van der Waals surface area contributed by atoms with E-state index >= 15 is 0 Å². The lowest BCUT2D eigenvalue weighted by Gasteiger charge is -2.29. The average molecular weight is 403 g/mol. The van der Waals surface area contributed by atoms with Crippen LogP contribution in [-0.4, -0.2) is 27.4 Å². The lowest BCUT2D eigenvalue weighted by Crippen LogP contribution is -2.39. The number of hydrogen-bond donors (Lipinski definition) is 2. The van der Waals surface area contributed by atoms with Crippen LogP contribution in [0.2, 0.25) is 0 Å². The quantitative estimate of drug-likeness (QED) is 0.748. The maximum Gasteiger partial charge on any atom is 0.244 e. The number of pyridine rings is 1. The molecule has 3 heterocycles. The number of fused-ring (bicyclic) bond motifs is 1. The number of hydrogen-bond acceptors (Lipinski definition) is 6. The van der Waals surface area contributed by atoms with Gasteiger partial charge in [-0.25, -0.2) is 4.98 Å². The second kappa shape index (κ2) is 13.5. The standard InChI is InChI=1S/C15H18N6O.C3H8.2C2H6/c1-8-4-17-12(10(3)9(8)2)6-21-7-13(22)19-11-5-18-15(16)20-14(11)21;1-3-2;2*1-2/h4-5H,6-7H2,1-3H3,(H,19,22)(H2,16,18,20);3H2,1-2H3;2*1-2H3. The zero-order valence-corrected chi connectivity index (χ0v) is 19.6. The van der Waals surface area contributed by atoms with Crippen LogP contribution < -0.4 is 16.0 Å². The fourth-order valence-electron chi connectivity index (χ4n) is 2.50. The second-order valence-corrected chi connectivity index (χ2v) is 6.21. The van der Waals surface area contributed by atoms with Crippen LogP contribution in [0.4, 0.5) is 17.5 Å². The summed E-state index contributed by atoms with van der Waals surface area (Å²) in [6, 6.07) is 0. The van der Waals surface area contributed by atoms with Crippen LogP contribution in [-0.2, 0) is 11.3 Å². The lowest BCUT2D eigenvalue weighted by molar-refractivity contribution is -0.115. The minimum absolute atomic E-state index is 0.0950. The molecule has 0 spiro atoms. The first-order valence-corrected chi connectivity index (χ1v) is 10.5. The summed E-state index contributed by atoms with van der Waals surface area (Å²) in [7, 11) is 0. The van der Waals surface area contributed by atoms with Crippen molar-refractivity contribution in [3.05, 3.63) is 34.8 Å². The van der Waals surface area contributed by atoms with Crippen molar-refractivity contribution in [3.63, 3.8) is 0 Å². The smallest absolute Gasteiger partial charge is 0.244 e. The summed E-state index contributed by atoms with van der Waals surface area (Å²) in [5.41, 5.74) is 10.7. The molecule has 7 heteroatoms. The molecular weight excluding hydrogens is 364 g/mol. The number of carbonyl (C=O) groups is 1. The van der Waals surface area contributed by atoms with Gasteiger partial charge in [0.1, 0.15) is 5.69 Å². The lowest BCUT2D eigenvalue weighted by atomic mass is 10.0. The van der Waals surface area contributed by atoms with Crippen LogP contribution in [0.3, 0.4) is 0 Å². The summed E-state index contributed by atoms with van der Waals surface area (Å²) in [4.78, 5) is 26.4. The highest BCUT2D eigenvalue weighted by Crippen LogP contribution is 2.28. The third-order valence-corrected chi connectivity index (χ3v) is 4.04. The molecule has 0 atom stereocenters. The van der Waals surface area contributed by atoms with E-state index in [0.29, 0.717) is 18.1 Å². The van der Waals surface area contributed by atoms with Crippen molar-refractivity contribution in [3.8, 4) is 0 Å². The number of nitrogens with two attached hydrogens (primary N) is 1. The Morgan fingerprint density at radius 3 is 2.21 bits per heavy atom. The van der Waals surface area contributed by atoms with E-state index in [9.17, 15) is 4.79 Å². The maximum absolute atomic E-state index is 11.9. The van der Waals surface area contributed by atoms with E-state index in [2.05, 4.69) is 41.0 Å². The molecule has 29 heavy (non-hydrogen) atoms. The van der Waals surface area contributed by atoms with Gasteiger partial charge in [-0.3, -0.25) is 9.78 Å². The van der Waals surface area contributed by atoms with Gasteiger partial charge in [0.15, 0.2) is 5.82 Å². The predicted octanol–water partition coefficient (Wildman–Crippen LogP) is 4.81. The van der Waals surface area contributed by atoms with E-state index < -0.39 is 0 Å². The minimum Gasteiger partial charge on any atom is -0.368 e. The molecule has 7 nitrogen and oxygen atoms in total. The van der Waals surface area contributed by atoms with Crippen molar-refractivity contribution in [2.75, 3.05) is 22.5 Å². The first-order chi connectivity index (χ1) is 13.9. The van der Waals surface area contributed by atoms with Gasteiger partial charge in [0.2, 0.25) is 11.9 Å². The maximum atomic E-state index is 11.9. The normalized spacial score (nSPS) is 11.5. The van der Waals surface area contributed by atoms with E-state index in [1.807, 2.05) is 52.6 Å². The van der Waals surface area contributed by atoms with Gasteiger partial charge in [-0.1, -0.05) is 48.0 Å². The summed E-state index contributed by atoms with van der Waals surface area (Å²) in [6.07, 6.45) is 4.64. The molecule has 0 unspecified atom stereocenters. The molecule has 0 saturated heterocycles. The Balaban J connectivity index is 0.00000100.